The van der Waals surface area contributed by atoms with Crippen LogP contribution >= 0.6 is 0 Å². The summed E-state index contributed by atoms with van der Waals surface area (Å²) >= 11 is 0. The number of rotatable bonds is 13. The van der Waals surface area contributed by atoms with E-state index in [0.29, 0.717) is 31.5 Å². The Bertz CT molecular complexity index is 1110. The highest BCUT2D eigenvalue weighted by atomic mass is 32.2. The molecule has 1 N–H and O–H groups in total. The average molecular weight is 528 g/mol. The van der Waals surface area contributed by atoms with E-state index >= 15 is 0 Å². The standard InChI is InChI=1S/C29H41N3O4S/c1-4-27(29(34)30-25-13-8-9-14-25)31(22-20-24-11-6-5-7-12-24)28(33)15-10-21-32(37(3,35)36)26-18-16-23(2)17-19-26/h5-7,11-12,16-19,25,27H,4,8-10,13-15,20-22H2,1-3H3,(H,30,34)/t27-/m0/s1. The van der Waals surface area contributed by atoms with Gasteiger partial charge in [0, 0.05) is 25.6 Å². The van der Waals surface area contributed by atoms with Crippen LogP contribution in [-0.2, 0) is 26.0 Å². The number of aryl methyl sites for hydroxylation is 1. The summed E-state index contributed by atoms with van der Waals surface area (Å²) in [7, 11) is -3.50. The molecule has 0 aliphatic heterocycles. The molecule has 37 heavy (non-hydrogen) atoms. The van der Waals surface area contributed by atoms with Crippen molar-refractivity contribution in [3.8, 4) is 0 Å². The van der Waals surface area contributed by atoms with Crippen molar-refractivity contribution in [2.45, 2.75) is 77.3 Å². The van der Waals surface area contributed by atoms with Crippen LogP contribution in [0.2, 0.25) is 0 Å². The largest absolute Gasteiger partial charge is 0.352 e. The minimum absolute atomic E-state index is 0.0896. The zero-order valence-corrected chi connectivity index (χ0v) is 23.2. The van der Waals surface area contributed by atoms with Crippen molar-refractivity contribution in [2.75, 3.05) is 23.7 Å². The Morgan fingerprint density at radius 1 is 1.00 bits per heavy atom. The van der Waals surface area contributed by atoms with Gasteiger partial charge in [0.05, 0.1) is 11.9 Å². The van der Waals surface area contributed by atoms with Crippen molar-refractivity contribution in [2.24, 2.45) is 0 Å². The molecule has 8 heteroatoms. The number of amides is 2. The van der Waals surface area contributed by atoms with Gasteiger partial charge in [-0.05, 0) is 56.7 Å². The number of carbonyl (C=O) groups is 2. The van der Waals surface area contributed by atoms with Crippen LogP contribution in [0.1, 0.15) is 63.0 Å². The monoisotopic (exact) mass is 527 g/mol. The molecule has 2 amide bonds. The van der Waals surface area contributed by atoms with Crippen LogP contribution in [0.5, 0.6) is 0 Å². The molecule has 0 bridgehead atoms. The lowest BCUT2D eigenvalue weighted by molar-refractivity contribution is -0.141. The molecule has 3 rings (SSSR count). The van der Waals surface area contributed by atoms with Gasteiger partial charge in [-0.1, -0.05) is 67.8 Å². The van der Waals surface area contributed by atoms with Gasteiger partial charge >= 0.3 is 0 Å². The highest BCUT2D eigenvalue weighted by molar-refractivity contribution is 7.92. The number of benzene rings is 2. The Kier molecular flexibility index (Phi) is 10.6. The predicted octanol–water partition coefficient (Wildman–Crippen LogP) is 4.45. The zero-order chi connectivity index (χ0) is 26.8. The number of anilines is 1. The first-order chi connectivity index (χ1) is 17.7. The maximum Gasteiger partial charge on any atom is 0.243 e. The number of hydrogen-bond acceptors (Lipinski definition) is 4. The molecule has 1 atom stereocenters. The number of sulfonamides is 1. The normalized spacial score (nSPS) is 14.8. The lowest BCUT2D eigenvalue weighted by Crippen LogP contribution is -2.52. The minimum atomic E-state index is -3.50. The van der Waals surface area contributed by atoms with E-state index in [1.807, 2.05) is 56.3 Å². The van der Waals surface area contributed by atoms with Crippen molar-refractivity contribution in [3.05, 3.63) is 65.7 Å². The van der Waals surface area contributed by atoms with Gasteiger partial charge in [0.25, 0.3) is 0 Å². The van der Waals surface area contributed by atoms with Gasteiger partial charge in [0.1, 0.15) is 6.04 Å². The molecule has 1 aliphatic carbocycles. The number of hydrogen-bond donors (Lipinski definition) is 1. The lowest BCUT2D eigenvalue weighted by atomic mass is 10.1. The summed E-state index contributed by atoms with van der Waals surface area (Å²) < 4.78 is 26.3. The SMILES string of the molecule is CC[C@@H](C(=O)NC1CCCC1)N(CCc1ccccc1)C(=O)CCCN(c1ccc(C)cc1)S(C)(=O)=O. The first-order valence-corrected chi connectivity index (χ1v) is 15.2. The summed E-state index contributed by atoms with van der Waals surface area (Å²) in [6.45, 7) is 4.52. The summed E-state index contributed by atoms with van der Waals surface area (Å²) in [5, 5.41) is 3.16. The van der Waals surface area contributed by atoms with Gasteiger partial charge in [-0.25, -0.2) is 8.42 Å². The Morgan fingerprint density at radius 2 is 1.65 bits per heavy atom. The fourth-order valence-electron chi connectivity index (χ4n) is 4.98. The van der Waals surface area contributed by atoms with Crippen molar-refractivity contribution in [3.63, 3.8) is 0 Å². The fourth-order valence-corrected chi connectivity index (χ4v) is 5.94. The number of nitrogens with zero attached hydrogens (tertiary/aromatic N) is 2. The third-order valence-electron chi connectivity index (χ3n) is 7.05. The van der Waals surface area contributed by atoms with Gasteiger partial charge in [-0.3, -0.25) is 13.9 Å². The number of nitrogens with one attached hydrogen (secondary N) is 1. The molecule has 0 heterocycles. The average Bonchev–Trinajstić information content (AvgIpc) is 3.38. The molecule has 0 spiro atoms. The summed E-state index contributed by atoms with van der Waals surface area (Å²) in [5.74, 6) is -0.213. The first kappa shape index (κ1) is 28.7. The van der Waals surface area contributed by atoms with Crippen LogP contribution in [0.25, 0.3) is 0 Å². The van der Waals surface area contributed by atoms with Crippen molar-refractivity contribution in [1.82, 2.24) is 10.2 Å². The molecule has 0 aromatic heterocycles. The maximum atomic E-state index is 13.5. The van der Waals surface area contributed by atoms with E-state index in [2.05, 4.69) is 5.32 Å². The molecule has 2 aromatic rings. The van der Waals surface area contributed by atoms with E-state index in [1.165, 1.54) is 10.6 Å². The zero-order valence-electron chi connectivity index (χ0n) is 22.4. The summed E-state index contributed by atoms with van der Waals surface area (Å²) in [5.41, 5.74) is 2.74. The van der Waals surface area contributed by atoms with Crippen molar-refractivity contribution in [1.29, 1.82) is 0 Å². The third kappa shape index (κ3) is 8.59. The highest BCUT2D eigenvalue weighted by Crippen LogP contribution is 2.21. The van der Waals surface area contributed by atoms with Crippen LogP contribution in [0.3, 0.4) is 0 Å². The Labute approximate surface area is 222 Å². The van der Waals surface area contributed by atoms with Gasteiger partial charge in [0.15, 0.2) is 0 Å². The molecule has 2 aromatic carbocycles. The van der Waals surface area contributed by atoms with Gasteiger partial charge in [-0.15, -0.1) is 0 Å². The minimum Gasteiger partial charge on any atom is -0.352 e. The topological polar surface area (TPSA) is 86.8 Å². The Morgan fingerprint density at radius 3 is 2.24 bits per heavy atom. The van der Waals surface area contributed by atoms with Gasteiger partial charge in [0.2, 0.25) is 21.8 Å². The fraction of sp³-hybridized carbons (Fsp3) is 0.517. The first-order valence-electron chi connectivity index (χ1n) is 13.4. The quantitative estimate of drug-likeness (QED) is 0.417. The molecule has 1 fully saturated rings. The summed E-state index contributed by atoms with van der Waals surface area (Å²) in [4.78, 5) is 28.4. The van der Waals surface area contributed by atoms with Crippen LogP contribution in [0.4, 0.5) is 5.69 Å². The predicted molar refractivity (Wildman–Crippen MR) is 149 cm³/mol. The second-order valence-corrected chi connectivity index (χ2v) is 11.9. The van der Waals surface area contributed by atoms with Gasteiger partial charge in [-0.2, -0.15) is 0 Å². The van der Waals surface area contributed by atoms with Crippen molar-refractivity contribution >= 4 is 27.5 Å². The molecule has 7 nitrogen and oxygen atoms in total. The third-order valence-corrected chi connectivity index (χ3v) is 8.24. The highest BCUT2D eigenvalue weighted by Gasteiger charge is 2.30. The molecular weight excluding hydrogens is 486 g/mol. The van der Waals surface area contributed by atoms with Crippen LogP contribution in [0.15, 0.2) is 54.6 Å². The molecule has 202 valence electrons. The van der Waals surface area contributed by atoms with Crippen molar-refractivity contribution < 1.29 is 18.0 Å². The summed E-state index contributed by atoms with van der Waals surface area (Å²) in [6, 6.07) is 16.9. The Hall–Kier alpha value is -2.87. The molecule has 0 saturated heterocycles. The maximum absolute atomic E-state index is 13.5. The van der Waals surface area contributed by atoms with E-state index in [4.69, 9.17) is 0 Å². The van der Waals surface area contributed by atoms with E-state index in [1.54, 1.807) is 17.0 Å². The second-order valence-electron chi connectivity index (χ2n) is 10.0. The van der Waals surface area contributed by atoms with E-state index in [-0.39, 0.29) is 30.8 Å². The van der Waals surface area contributed by atoms with E-state index < -0.39 is 16.1 Å². The second kappa shape index (κ2) is 13.6. The van der Waals surface area contributed by atoms with Crippen LogP contribution in [0, 0.1) is 6.92 Å². The molecular formula is C29H41N3O4S. The Balaban J connectivity index is 1.70. The molecule has 0 unspecified atom stereocenters. The van der Waals surface area contributed by atoms with Crippen LogP contribution in [-0.4, -0.2) is 56.6 Å². The number of carbonyl (C=O) groups excluding carboxylic acids is 2. The molecule has 1 aliphatic rings. The smallest absolute Gasteiger partial charge is 0.243 e. The molecule has 0 radical (unpaired) electrons. The van der Waals surface area contributed by atoms with E-state index in [0.717, 1.165) is 36.8 Å². The molecule has 1 saturated carbocycles. The van der Waals surface area contributed by atoms with Gasteiger partial charge < -0.3 is 10.2 Å². The summed E-state index contributed by atoms with van der Waals surface area (Å²) in [6.07, 6.45) is 7.10. The van der Waals surface area contributed by atoms with Crippen LogP contribution < -0.4 is 9.62 Å². The van der Waals surface area contributed by atoms with E-state index in [9.17, 15) is 18.0 Å². The lowest BCUT2D eigenvalue weighted by Gasteiger charge is -2.32.